The number of nitrogens with one attached hydrogen (secondary N) is 1. The van der Waals surface area contributed by atoms with Gasteiger partial charge in [-0.1, -0.05) is 11.6 Å². The van der Waals surface area contributed by atoms with Crippen molar-refractivity contribution in [2.75, 3.05) is 37.9 Å². The predicted octanol–water partition coefficient (Wildman–Crippen LogP) is 6.66. The van der Waals surface area contributed by atoms with Gasteiger partial charge in [-0.25, -0.2) is 22.1 Å². The van der Waals surface area contributed by atoms with Crippen LogP contribution in [0, 0.1) is 17.7 Å². The van der Waals surface area contributed by atoms with Crippen LogP contribution in [0.15, 0.2) is 46.8 Å². The van der Waals surface area contributed by atoms with Crippen LogP contribution in [0.3, 0.4) is 0 Å². The third kappa shape index (κ3) is 6.01. The second kappa shape index (κ2) is 12.2. The molecule has 228 valence electrons. The van der Waals surface area contributed by atoms with Crippen molar-refractivity contribution in [3.05, 3.63) is 58.3 Å². The van der Waals surface area contributed by atoms with E-state index in [4.69, 9.17) is 44.3 Å². The van der Waals surface area contributed by atoms with Gasteiger partial charge >= 0.3 is 0 Å². The summed E-state index contributed by atoms with van der Waals surface area (Å²) in [6, 6.07) is 7.36. The SMILES string of the molecule is COc1ccc(CN(c2nccs2)S(=O)(=O)c2cc(Cl)c(N[C@@H]3C[C@H]4CC(Cl)(Cl)[C@H]4C[C@H]3N(C)C)cc2F)c(OC)c1. The number of hydrogen-bond acceptors (Lipinski definition) is 8. The third-order valence-corrected chi connectivity index (χ3v) is 12.0. The molecule has 1 aromatic heterocycles. The average Bonchev–Trinajstić information content (AvgIpc) is 3.47. The highest BCUT2D eigenvalue weighted by atomic mass is 35.5. The third-order valence-electron chi connectivity index (χ3n) is 8.20. The van der Waals surface area contributed by atoms with E-state index >= 15 is 4.39 Å². The number of nitrogens with zero attached hydrogens (tertiary/aromatic N) is 3. The number of methoxy groups -OCH3 is 2. The summed E-state index contributed by atoms with van der Waals surface area (Å²) in [4.78, 5) is 5.74. The highest BCUT2D eigenvalue weighted by Gasteiger charge is 2.56. The first-order valence-corrected chi connectivity index (χ1v) is 16.7. The molecule has 2 aliphatic carbocycles. The smallest absolute Gasteiger partial charge is 0.269 e. The molecule has 14 heteroatoms. The fourth-order valence-electron chi connectivity index (χ4n) is 5.96. The minimum Gasteiger partial charge on any atom is -0.497 e. The number of rotatable bonds is 10. The van der Waals surface area contributed by atoms with Gasteiger partial charge in [0.1, 0.15) is 26.5 Å². The van der Waals surface area contributed by atoms with Crippen LogP contribution in [0.1, 0.15) is 24.8 Å². The van der Waals surface area contributed by atoms with Crippen LogP contribution in [0.5, 0.6) is 11.5 Å². The summed E-state index contributed by atoms with van der Waals surface area (Å²) < 4.78 is 54.8. The topological polar surface area (TPSA) is 84.0 Å². The molecule has 0 amide bonds. The number of sulfonamides is 1. The van der Waals surface area contributed by atoms with E-state index in [-0.39, 0.29) is 34.7 Å². The molecular weight excluding hydrogens is 646 g/mol. The van der Waals surface area contributed by atoms with Crippen molar-refractivity contribution in [3.8, 4) is 11.5 Å². The molecule has 4 atom stereocenters. The largest absolute Gasteiger partial charge is 0.497 e. The number of aromatic nitrogens is 1. The Morgan fingerprint density at radius 1 is 1.17 bits per heavy atom. The molecule has 42 heavy (non-hydrogen) atoms. The van der Waals surface area contributed by atoms with Crippen LogP contribution >= 0.6 is 46.1 Å². The van der Waals surface area contributed by atoms with Gasteiger partial charge in [-0.2, -0.15) is 0 Å². The van der Waals surface area contributed by atoms with Crippen molar-refractivity contribution in [1.82, 2.24) is 9.88 Å². The van der Waals surface area contributed by atoms with E-state index in [1.165, 1.54) is 20.4 Å². The van der Waals surface area contributed by atoms with E-state index in [1.807, 2.05) is 14.1 Å². The molecule has 0 bridgehead atoms. The van der Waals surface area contributed by atoms with Gasteiger partial charge < -0.3 is 19.7 Å². The fourth-order valence-corrected chi connectivity index (χ4v) is 9.52. The number of hydrogen-bond donors (Lipinski definition) is 1. The zero-order chi connectivity index (χ0) is 30.4. The van der Waals surface area contributed by atoms with Crippen molar-refractivity contribution >= 4 is 67.0 Å². The molecule has 8 nitrogen and oxygen atoms in total. The lowest BCUT2D eigenvalue weighted by Crippen LogP contribution is -2.59. The Morgan fingerprint density at radius 2 is 1.93 bits per heavy atom. The molecule has 0 spiro atoms. The van der Waals surface area contributed by atoms with E-state index < -0.39 is 25.1 Å². The molecule has 1 N–H and O–H groups in total. The second-order valence-corrected chi connectivity index (χ2v) is 15.5. The number of thiazole rings is 1. The van der Waals surface area contributed by atoms with Crippen LogP contribution in [-0.2, 0) is 16.6 Å². The number of fused-ring (bicyclic) bond motifs is 1. The zero-order valence-electron chi connectivity index (χ0n) is 23.5. The van der Waals surface area contributed by atoms with E-state index in [0.29, 0.717) is 35.1 Å². The van der Waals surface area contributed by atoms with Crippen LogP contribution in [0.2, 0.25) is 5.02 Å². The van der Waals surface area contributed by atoms with Gasteiger partial charge in [0.15, 0.2) is 5.13 Å². The molecular formula is C28H32Cl3FN4O4S2. The summed E-state index contributed by atoms with van der Waals surface area (Å²) in [5, 5.41) is 5.30. The van der Waals surface area contributed by atoms with Crippen LogP contribution in [-0.4, -0.2) is 63.0 Å². The molecule has 5 rings (SSSR count). The lowest BCUT2D eigenvalue weighted by Gasteiger charge is -2.55. The van der Waals surface area contributed by atoms with Gasteiger partial charge in [0, 0.05) is 35.3 Å². The Bertz CT molecular complexity index is 1540. The number of ether oxygens (including phenoxy) is 2. The van der Waals surface area contributed by atoms with Crippen molar-refractivity contribution in [2.24, 2.45) is 11.8 Å². The standard InChI is InChI=1S/C28H32Cl3FN4O4S2/c1-35(2)24-11-19-17(14-28(19,30)31)9-23(24)34-22-13-21(32)26(12-20(22)29)42(37,38)36(27-33-7-8-41-27)15-16-5-6-18(39-3)10-25(16)40-4/h5-8,10,12-13,17,19,23-24,34H,9,11,14-15H2,1-4H3/t17-,19-,23+,24+/m0/s1. The summed E-state index contributed by atoms with van der Waals surface area (Å²) in [7, 11) is 2.52. The monoisotopic (exact) mass is 676 g/mol. The maximum Gasteiger partial charge on any atom is 0.269 e. The van der Waals surface area contributed by atoms with Crippen molar-refractivity contribution in [1.29, 1.82) is 0 Å². The average molecular weight is 678 g/mol. The number of likely N-dealkylation sites (N-methyl/N-ethyl adjacent to an activating group) is 1. The summed E-state index contributed by atoms with van der Waals surface area (Å²) in [6.45, 7) is -0.155. The maximum atomic E-state index is 15.8. The quantitative estimate of drug-likeness (QED) is 0.240. The molecule has 1 heterocycles. The Kier molecular flexibility index (Phi) is 9.10. The van der Waals surface area contributed by atoms with Gasteiger partial charge in [0.2, 0.25) is 0 Å². The van der Waals surface area contributed by atoms with Gasteiger partial charge in [-0.05, 0) is 69.5 Å². The molecule has 0 saturated heterocycles. The van der Waals surface area contributed by atoms with E-state index in [1.54, 1.807) is 23.6 Å². The molecule has 3 aromatic rings. The van der Waals surface area contributed by atoms with Gasteiger partial charge in [0.25, 0.3) is 10.0 Å². The Morgan fingerprint density at radius 3 is 2.55 bits per heavy atom. The van der Waals surface area contributed by atoms with E-state index in [2.05, 4.69) is 15.2 Å². The maximum absolute atomic E-state index is 15.8. The molecule has 2 saturated carbocycles. The number of alkyl halides is 2. The van der Waals surface area contributed by atoms with Crippen molar-refractivity contribution in [3.63, 3.8) is 0 Å². The molecule has 0 aliphatic heterocycles. The minimum absolute atomic E-state index is 0.0561. The first-order valence-electron chi connectivity index (χ1n) is 13.3. The lowest BCUT2D eigenvalue weighted by atomic mass is 9.61. The molecule has 2 fully saturated rings. The minimum atomic E-state index is -4.44. The summed E-state index contributed by atoms with van der Waals surface area (Å²) in [6.07, 6.45) is 3.76. The Hall–Kier alpha value is -2.02. The highest BCUT2D eigenvalue weighted by Crippen LogP contribution is 2.58. The molecule has 2 aromatic carbocycles. The van der Waals surface area contributed by atoms with Crippen molar-refractivity contribution in [2.45, 2.75) is 47.1 Å². The lowest BCUT2D eigenvalue weighted by molar-refractivity contribution is 0.0407. The first-order chi connectivity index (χ1) is 19.8. The Balaban J connectivity index is 1.45. The first kappa shape index (κ1) is 31.4. The highest BCUT2D eigenvalue weighted by molar-refractivity contribution is 7.93. The molecule has 0 radical (unpaired) electrons. The van der Waals surface area contributed by atoms with Gasteiger partial charge in [-0.15, -0.1) is 34.5 Å². The van der Waals surface area contributed by atoms with Crippen LogP contribution in [0.25, 0.3) is 0 Å². The zero-order valence-corrected chi connectivity index (χ0v) is 27.4. The van der Waals surface area contributed by atoms with E-state index in [0.717, 1.165) is 40.6 Å². The summed E-state index contributed by atoms with van der Waals surface area (Å²) in [5.41, 5.74) is 0.865. The summed E-state index contributed by atoms with van der Waals surface area (Å²) in [5.74, 6) is 0.573. The Labute approximate surface area is 264 Å². The second-order valence-electron chi connectivity index (χ2n) is 10.9. The van der Waals surface area contributed by atoms with Crippen LogP contribution < -0.4 is 19.1 Å². The summed E-state index contributed by atoms with van der Waals surface area (Å²) >= 11 is 20.7. The predicted molar refractivity (Wildman–Crippen MR) is 167 cm³/mol. The van der Waals surface area contributed by atoms with Gasteiger partial charge in [-0.3, -0.25) is 0 Å². The van der Waals surface area contributed by atoms with E-state index in [9.17, 15) is 8.42 Å². The normalized spacial score (nSPS) is 23.2. The number of anilines is 2. The fraction of sp³-hybridized carbons (Fsp3) is 0.464. The van der Waals surface area contributed by atoms with Crippen molar-refractivity contribution < 1.29 is 22.3 Å². The van der Waals surface area contributed by atoms with Crippen LogP contribution in [0.4, 0.5) is 15.2 Å². The number of benzene rings is 2. The molecule has 0 unspecified atom stereocenters. The van der Waals surface area contributed by atoms with Gasteiger partial charge in [0.05, 0.1) is 31.5 Å². The number of halogens is 4. The molecule has 2 aliphatic rings.